The molecule has 0 radical (unpaired) electrons. The van der Waals surface area contributed by atoms with Gasteiger partial charge >= 0.3 is 0 Å². The Hall–Kier alpha value is -6.13. The Morgan fingerprint density at radius 2 is 0.833 bits per heavy atom. The highest BCUT2D eigenvalue weighted by Gasteiger charge is 2.42. The number of nitrogens with zero attached hydrogens (tertiary/aromatic N) is 3. The molecule has 0 aliphatic carbocycles. The summed E-state index contributed by atoms with van der Waals surface area (Å²) in [4.78, 5) is 2.31. The number of hydrogen-bond acceptors (Lipinski definition) is 2. The summed E-state index contributed by atoms with van der Waals surface area (Å²) < 4.78 is 21.5. The first-order valence-corrected chi connectivity index (χ1v) is 20.6. The molecule has 11 rings (SSSR count). The van der Waals surface area contributed by atoms with Gasteiger partial charge in [-0.2, -0.15) is 0 Å². The van der Waals surface area contributed by atoms with Crippen molar-refractivity contribution < 1.29 is 4.57 Å². The molecule has 6 heteroatoms. The molecule has 1 atom stereocenters. The second-order valence-corrected chi connectivity index (χ2v) is 17.4. The monoisotopic (exact) mass is 775 g/mol. The summed E-state index contributed by atoms with van der Waals surface area (Å²) in [5.74, 6) is 0. The fourth-order valence-electron chi connectivity index (χ4n) is 8.70. The molecule has 1 aliphatic rings. The predicted molar refractivity (Wildman–Crippen MR) is 230 cm³/mol. The first-order chi connectivity index (χ1) is 26.6. The number of benzene rings is 8. The Morgan fingerprint density at radius 1 is 0.407 bits per heavy atom. The van der Waals surface area contributed by atoms with Gasteiger partial charge in [0.15, 0.2) is 7.14 Å². The second-order valence-electron chi connectivity index (χ2n) is 13.8. The molecule has 54 heavy (non-hydrogen) atoms. The summed E-state index contributed by atoms with van der Waals surface area (Å²) >= 11 is 3.97. The molecule has 0 amide bonds. The average molecular weight is 777 g/mol. The lowest BCUT2D eigenvalue weighted by molar-refractivity contribution is 0.592. The lowest BCUT2D eigenvalue weighted by Gasteiger charge is -2.38. The largest absolute Gasteiger partial charge is 0.309 e. The molecule has 1 unspecified atom stereocenters. The highest BCUT2D eigenvalue weighted by atomic mass is 79.9. The third-order valence-electron chi connectivity index (χ3n) is 10.9. The zero-order chi connectivity index (χ0) is 36.0. The fourth-order valence-corrected chi connectivity index (χ4v) is 12.4. The van der Waals surface area contributed by atoms with Crippen LogP contribution in [0.3, 0.4) is 0 Å². The van der Waals surface area contributed by atoms with Crippen molar-refractivity contribution in [2.75, 3.05) is 4.90 Å². The van der Waals surface area contributed by atoms with Gasteiger partial charge < -0.3 is 18.6 Å². The third-order valence-corrected chi connectivity index (χ3v) is 14.7. The minimum Gasteiger partial charge on any atom is -0.309 e. The van der Waals surface area contributed by atoms with E-state index in [0.29, 0.717) is 0 Å². The van der Waals surface area contributed by atoms with E-state index in [-0.39, 0.29) is 0 Å². The highest BCUT2D eigenvalue weighted by molar-refractivity contribution is 9.10. The maximum absolute atomic E-state index is 15.8. The molecule has 0 bridgehead atoms. The van der Waals surface area contributed by atoms with Gasteiger partial charge in [0.05, 0.1) is 50.5 Å². The van der Waals surface area contributed by atoms with Gasteiger partial charge in [0.2, 0.25) is 0 Å². The number of hydrogen-bond donors (Lipinski definition) is 0. The Kier molecular flexibility index (Phi) is 6.94. The molecule has 0 N–H and O–H groups in total. The summed E-state index contributed by atoms with van der Waals surface area (Å²) in [6.45, 7) is 0. The summed E-state index contributed by atoms with van der Waals surface area (Å²) in [6.07, 6.45) is 0. The lowest BCUT2D eigenvalue weighted by Crippen LogP contribution is -2.36. The van der Waals surface area contributed by atoms with E-state index in [2.05, 4.69) is 157 Å². The van der Waals surface area contributed by atoms with Crippen LogP contribution in [0.15, 0.2) is 193 Å². The van der Waals surface area contributed by atoms with Crippen LogP contribution < -0.4 is 20.8 Å². The van der Waals surface area contributed by atoms with E-state index in [1.54, 1.807) is 0 Å². The van der Waals surface area contributed by atoms with Crippen molar-refractivity contribution in [3.05, 3.63) is 193 Å². The topological polar surface area (TPSA) is 30.2 Å². The lowest BCUT2D eigenvalue weighted by atomic mass is 10.1. The van der Waals surface area contributed by atoms with Crippen molar-refractivity contribution in [2.45, 2.75) is 0 Å². The standard InChI is InChI=1S/C48H31BrN3OP/c49-40-21-14-28-47-48(40)52(45-26-12-13-27-46(45)54(47,53)35-15-2-1-3-16-35)34-30-32(50-41-22-8-4-17-36(41)37-18-5-9-23-42(37)50)29-33(31-34)51-43-24-10-6-19-38(43)39-20-7-11-25-44(39)51/h1-31H. The van der Waals surface area contributed by atoms with E-state index in [9.17, 15) is 0 Å². The summed E-state index contributed by atoms with van der Waals surface area (Å²) in [5.41, 5.74) is 9.36. The van der Waals surface area contributed by atoms with E-state index in [0.717, 1.165) is 70.9 Å². The molecule has 256 valence electrons. The maximum Gasteiger partial charge on any atom is 0.175 e. The number of aromatic nitrogens is 2. The second kappa shape index (κ2) is 11.9. The quantitative estimate of drug-likeness (QED) is 0.167. The van der Waals surface area contributed by atoms with Gasteiger partial charge in [-0.25, -0.2) is 0 Å². The van der Waals surface area contributed by atoms with Crippen molar-refractivity contribution >= 4 is 99.7 Å². The smallest absolute Gasteiger partial charge is 0.175 e. The molecule has 0 spiro atoms. The number of rotatable bonds is 4. The Balaban J connectivity index is 1.28. The first kappa shape index (κ1) is 31.4. The molecule has 1 aliphatic heterocycles. The number of anilines is 3. The zero-order valence-electron chi connectivity index (χ0n) is 29.0. The Bertz CT molecular complexity index is 2940. The first-order valence-electron chi connectivity index (χ1n) is 18.1. The zero-order valence-corrected chi connectivity index (χ0v) is 31.5. The molecule has 8 aromatic carbocycles. The van der Waals surface area contributed by atoms with Crippen LogP contribution in [0.25, 0.3) is 55.0 Å². The van der Waals surface area contributed by atoms with E-state index in [1.165, 1.54) is 21.5 Å². The van der Waals surface area contributed by atoms with Crippen molar-refractivity contribution in [1.82, 2.24) is 9.13 Å². The summed E-state index contributed by atoms with van der Waals surface area (Å²) in [5, 5.41) is 7.27. The molecule has 0 saturated carbocycles. The SMILES string of the molecule is O=P1(c2ccccc2)c2ccccc2N(c2cc(-n3c4ccccc4c4ccccc43)cc(-n3c4ccccc4c4ccccc43)c2)c2c(Br)cccc21. The van der Waals surface area contributed by atoms with Crippen molar-refractivity contribution in [3.8, 4) is 11.4 Å². The maximum atomic E-state index is 15.8. The van der Waals surface area contributed by atoms with Crippen molar-refractivity contribution in [2.24, 2.45) is 0 Å². The van der Waals surface area contributed by atoms with Crippen LogP contribution in [-0.4, -0.2) is 9.13 Å². The Labute approximate surface area is 320 Å². The molecule has 0 fully saturated rings. The molecule has 4 nitrogen and oxygen atoms in total. The number of halogens is 1. The van der Waals surface area contributed by atoms with E-state index >= 15 is 4.57 Å². The van der Waals surface area contributed by atoms with Crippen LogP contribution in [0.4, 0.5) is 17.1 Å². The van der Waals surface area contributed by atoms with Crippen LogP contribution in [0.2, 0.25) is 0 Å². The minimum atomic E-state index is -3.26. The van der Waals surface area contributed by atoms with Gasteiger partial charge in [-0.05, 0) is 82.7 Å². The summed E-state index contributed by atoms with van der Waals surface area (Å²) in [6, 6.07) is 65.7. The minimum absolute atomic E-state index is 0.808. The van der Waals surface area contributed by atoms with Crippen LogP contribution in [0.1, 0.15) is 0 Å². The van der Waals surface area contributed by atoms with Crippen molar-refractivity contribution in [3.63, 3.8) is 0 Å². The third kappa shape index (κ3) is 4.40. The molecular formula is C48H31BrN3OP. The number of fused-ring (bicyclic) bond motifs is 8. The van der Waals surface area contributed by atoms with Crippen LogP contribution in [-0.2, 0) is 4.57 Å². The molecule has 0 saturated heterocycles. The fraction of sp³-hybridized carbons (Fsp3) is 0. The molecule has 2 aromatic heterocycles. The summed E-state index contributed by atoms with van der Waals surface area (Å²) in [7, 11) is -3.26. The van der Waals surface area contributed by atoms with Gasteiger partial charge in [0.25, 0.3) is 0 Å². The van der Waals surface area contributed by atoms with Gasteiger partial charge in [-0.1, -0.05) is 121 Å². The van der Waals surface area contributed by atoms with Gasteiger partial charge in [0, 0.05) is 41.9 Å². The van der Waals surface area contributed by atoms with E-state index < -0.39 is 7.14 Å². The van der Waals surface area contributed by atoms with Gasteiger partial charge in [-0.3, -0.25) is 0 Å². The van der Waals surface area contributed by atoms with Crippen LogP contribution in [0, 0.1) is 0 Å². The van der Waals surface area contributed by atoms with Crippen LogP contribution in [0.5, 0.6) is 0 Å². The molecular weight excluding hydrogens is 745 g/mol. The van der Waals surface area contributed by atoms with Gasteiger partial charge in [0.1, 0.15) is 0 Å². The van der Waals surface area contributed by atoms with E-state index in [1.807, 2.05) is 60.7 Å². The predicted octanol–water partition coefficient (Wildman–Crippen LogP) is 12.1. The van der Waals surface area contributed by atoms with E-state index in [4.69, 9.17) is 0 Å². The van der Waals surface area contributed by atoms with Crippen molar-refractivity contribution in [1.29, 1.82) is 0 Å². The van der Waals surface area contributed by atoms with Gasteiger partial charge in [-0.15, -0.1) is 0 Å². The average Bonchev–Trinajstić information content (AvgIpc) is 3.75. The highest BCUT2D eigenvalue weighted by Crippen LogP contribution is 2.56. The normalized spacial score (nSPS) is 15.2. The van der Waals surface area contributed by atoms with Crippen LogP contribution >= 0.6 is 23.1 Å². The number of para-hydroxylation sites is 6. The molecule has 10 aromatic rings. The Morgan fingerprint density at radius 3 is 1.37 bits per heavy atom. The molecule has 3 heterocycles.